The minimum Gasteiger partial charge on any atom is -0.490 e. The molecule has 2 aromatic carbocycles. The second kappa shape index (κ2) is 10.2. The van der Waals surface area contributed by atoms with Crippen LogP contribution in [-0.2, 0) is 5.54 Å². The summed E-state index contributed by atoms with van der Waals surface area (Å²) < 4.78 is 6.07. The molecule has 5 nitrogen and oxygen atoms in total. The average Bonchev–Trinajstić information content (AvgIpc) is 2.75. The van der Waals surface area contributed by atoms with Crippen LogP contribution in [0.5, 0.6) is 5.75 Å². The van der Waals surface area contributed by atoms with E-state index in [4.69, 9.17) is 4.74 Å². The fourth-order valence-electron chi connectivity index (χ4n) is 4.15. The molecule has 2 aromatic rings. The molecule has 172 valence electrons. The van der Waals surface area contributed by atoms with E-state index in [0.717, 1.165) is 37.0 Å². The van der Waals surface area contributed by atoms with E-state index in [9.17, 15) is 9.59 Å². The van der Waals surface area contributed by atoms with Crippen LogP contribution in [0.15, 0.2) is 48.5 Å². The van der Waals surface area contributed by atoms with Crippen LogP contribution in [0.3, 0.4) is 0 Å². The number of carbonyl (C=O) groups excluding carboxylic acids is 2. The molecule has 32 heavy (non-hydrogen) atoms. The topological polar surface area (TPSA) is 67.4 Å². The van der Waals surface area contributed by atoms with Crippen LogP contribution in [0.1, 0.15) is 87.7 Å². The van der Waals surface area contributed by atoms with E-state index >= 15 is 0 Å². The summed E-state index contributed by atoms with van der Waals surface area (Å²) in [5.41, 5.74) is 2.61. The molecule has 0 bridgehead atoms. The second-order valence-corrected chi connectivity index (χ2v) is 9.68. The SMILES string of the molecule is CC(=O)c1ccc(OC2CCC(NC(=O)NC(C)(C)c3cccc(C(C)C)c3)CC2)cc1. The number of hydrogen-bond acceptors (Lipinski definition) is 3. The Morgan fingerprint density at radius 3 is 2.25 bits per heavy atom. The van der Waals surface area contributed by atoms with E-state index in [-0.39, 0.29) is 24.0 Å². The maximum absolute atomic E-state index is 12.7. The number of amides is 2. The summed E-state index contributed by atoms with van der Waals surface area (Å²) in [5, 5.41) is 6.29. The summed E-state index contributed by atoms with van der Waals surface area (Å²) in [6.07, 6.45) is 3.67. The molecule has 5 heteroatoms. The molecule has 0 aliphatic heterocycles. The summed E-state index contributed by atoms with van der Waals surface area (Å²) in [4.78, 5) is 24.1. The Morgan fingerprint density at radius 1 is 1.00 bits per heavy atom. The number of hydrogen-bond donors (Lipinski definition) is 2. The van der Waals surface area contributed by atoms with Crippen molar-refractivity contribution in [2.75, 3.05) is 0 Å². The third-order valence-corrected chi connectivity index (χ3v) is 6.27. The molecule has 2 amide bonds. The van der Waals surface area contributed by atoms with Gasteiger partial charge in [-0.3, -0.25) is 4.79 Å². The van der Waals surface area contributed by atoms with Gasteiger partial charge in [-0.1, -0.05) is 38.1 Å². The number of ether oxygens (including phenoxy) is 1. The third-order valence-electron chi connectivity index (χ3n) is 6.27. The highest BCUT2D eigenvalue weighted by Crippen LogP contribution is 2.26. The van der Waals surface area contributed by atoms with Crippen molar-refractivity contribution in [2.24, 2.45) is 0 Å². The van der Waals surface area contributed by atoms with Gasteiger partial charge in [-0.05, 0) is 87.8 Å². The predicted octanol–water partition coefficient (Wildman–Crippen LogP) is 5.94. The van der Waals surface area contributed by atoms with Crippen LogP contribution in [0.25, 0.3) is 0 Å². The molecule has 1 aliphatic carbocycles. The molecule has 2 N–H and O–H groups in total. The first-order valence-corrected chi connectivity index (χ1v) is 11.6. The normalized spacial score (nSPS) is 18.8. The van der Waals surface area contributed by atoms with Gasteiger partial charge in [0.25, 0.3) is 0 Å². The number of carbonyl (C=O) groups is 2. The molecule has 1 saturated carbocycles. The van der Waals surface area contributed by atoms with Gasteiger partial charge in [0.1, 0.15) is 5.75 Å². The van der Waals surface area contributed by atoms with Gasteiger partial charge < -0.3 is 15.4 Å². The van der Waals surface area contributed by atoms with Crippen LogP contribution in [-0.4, -0.2) is 24.0 Å². The summed E-state index contributed by atoms with van der Waals surface area (Å²) in [7, 11) is 0. The fourth-order valence-corrected chi connectivity index (χ4v) is 4.15. The zero-order valence-electron chi connectivity index (χ0n) is 19.9. The maximum atomic E-state index is 12.7. The van der Waals surface area contributed by atoms with Crippen molar-refractivity contribution in [3.8, 4) is 5.75 Å². The molecule has 1 fully saturated rings. The highest BCUT2D eigenvalue weighted by Gasteiger charge is 2.27. The van der Waals surface area contributed by atoms with Crippen LogP contribution in [0.2, 0.25) is 0 Å². The Morgan fingerprint density at radius 2 is 1.66 bits per heavy atom. The molecule has 0 heterocycles. The first kappa shape index (κ1) is 23.8. The lowest BCUT2D eigenvalue weighted by molar-refractivity contribution is 0.101. The Kier molecular flexibility index (Phi) is 7.60. The van der Waals surface area contributed by atoms with Gasteiger partial charge in [0.2, 0.25) is 0 Å². The number of rotatable bonds is 7. The van der Waals surface area contributed by atoms with Crippen LogP contribution < -0.4 is 15.4 Å². The Bertz CT molecular complexity index is 926. The standard InChI is InChI=1S/C27H36N2O3/c1-18(2)21-7-6-8-22(17-21)27(4,5)29-26(31)28-23-11-15-25(16-12-23)32-24-13-9-20(10-14-24)19(3)30/h6-10,13-14,17-18,23,25H,11-12,15-16H2,1-5H3,(H2,28,29,31). The number of benzene rings is 2. The minimum atomic E-state index is -0.457. The second-order valence-electron chi connectivity index (χ2n) is 9.68. The first-order valence-electron chi connectivity index (χ1n) is 11.6. The van der Waals surface area contributed by atoms with Gasteiger partial charge in [-0.2, -0.15) is 0 Å². The summed E-state index contributed by atoms with van der Waals surface area (Å²) in [6, 6.07) is 15.7. The summed E-state index contributed by atoms with van der Waals surface area (Å²) in [5.74, 6) is 1.29. The van der Waals surface area contributed by atoms with Gasteiger partial charge in [-0.25, -0.2) is 4.79 Å². The molecule has 0 unspecified atom stereocenters. The Labute approximate surface area is 191 Å². The molecular formula is C27H36N2O3. The van der Waals surface area contributed by atoms with E-state index in [0.29, 0.717) is 11.5 Å². The monoisotopic (exact) mass is 436 g/mol. The van der Waals surface area contributed by atoms with Crippen molar-refractivity contribution >= 4 is 11.8 Å². The molecule has 0 saturated heterocycles. The van der Waals surface area contributed by atoms with Crippen molar-refractivity contribution < 1.29 is 14.3 Å². The van der Waals surface area contributed by atoms with E-state index in [1.54, 1.807) is 19.1 Å². The molecule has 0 radical (unpaired) electrons. The smallest absolute Gasteiger partial charge is 0.315 e. The van der Waals surface area contributed by atoms with Gasteiger partial charge in [0.15, 0.2) is 5.78 Å². The van der Waals surface area contributed by atoms with E-state index < -0.39 is 5.54 Å². The molecule has 0 aromatic heterocycles. The van der Waals surface area contributed by atoms with Crippen molar-refractivity contribution in [3.63, 3.8) is 0 Å². The minimum absolute atomic E-state index is 0.0530. The van der Waals surface area contributed by atoms with Crippen molar-refractivity contribution in [3.05, 3.63) is 65.2 Å². The lowest BCUT2D eigenvalue weighted by Crippen LogP contribution is -2.50. The molecular weight excluding hydrogens is 400 g/mol. The van der Waals surface area contributed by atoms with Crippen LogP contribution >= 0.6 is 0 Å². The lowest BCUT2D eigenvalue weighted by Gasteiger charge is -2.32. The zero-order chi connectivity index (χ0) is 23.3. The molecule has 3 rings (SSSR count). The van der Waals surface area contributed by atoms with E-state index in [1.807, 2.05) is 26.0 Å². The molecule has 1 aliphatic rings. The summed E-state index contributed by atoms with van der Waals surface area (Å²) >= 11 is 0. The van der Waals surface area contributed by atoms with Gasteiger partial charge in [-0.15, -0.1) is 0 Å². The largest absolute Gasteiger partial charge is 0.490 e. The Balaban J connectivity index is 1.47. The van der Waals surface area contributed by atoms with Gasteiger partial charge >= 0.3 is 6.03 Å². The van der Waals surface area contributed by atoms with E-state index in [2.05, 4.69) is 48.7 Å². The van der Waals surface area contributed by atoms with E-state index in [1.165, 1.54) is 5.56 Å². The molecule has 0 atom stereocenters. The van der Waals surface area contributed by atoms with Crippen molar-refractivity contribution in [1.29, 1.82) is 0 Å². The first-order chi connectivity index (χ1) is 15.1. The highest BCUT2D eigenvalue weighted by atomic mass is 16.5. The van der Waals surface area contributed by atoms with Crippen LogP contribution in [0.4, 0.5) is 4.79 Å². The Hall–Kier alpha value is -2.82. The average molecular weight is 437 g/mol. The van der Waals surface area contributed by atoms with Crippen molar-refractivity contribution in [1.82, 2.24) is 10.6 Å². The number of nitrogens with one attached hydrogen (secondary N) is 2. The maximum Gasteiger partial charge on any atom is 0.315 e. The number of urea groups is 1. The number of ketones is 1. The van der Waals surface area contributed by atoms with Crippen LogP contribution in [0, 0.1) is 0 Å². The predicted molar refractivity (Wildman–Crippen MR) is 128 cm³/mol. The van der Waals surface area contributed by atoms with Gasteiger partial charge in [0.05, 0.1) is 11.6 Å². The zero-order valence-corrected chi connectivity index (χ0v) is 19.9. The molecule has 0 spiro atoms. The summed E-state index contributed by atoms with van der Waals surface area (Å²) in [6.45, 7) is 9.98. The number of Topliss-reactive ketones (excluding diaryl/α,β-unsaturated/α-hetero) is 1. The quantitative estimate of drug-likeness (QED) is 0.528. The third kappa shape index (κ3) is 6.35. The highest BCUT2D eigenvalue weighted by molar-refractivity contribution is 5.94. The fraction of sp³-hybridized carbons (Fsp3) is 0.481. The van der Waals surface area contributed by atoms with Crippen molar-refractivity contribution in [2.45, 2.75) is 83.9 Å². The van der Waals surface area contributed by atoms with Gasteiger partial charge in [0, 0.05) is 11.6 Å². The lowest BCUT2D eigenvalue weighted by atomic mass is 9.90.